The van der Waals surface area contributed by atoms with E-state index < -0.39 is 8.32 Å². The molecule has 27 heavy (non-hydrogen) atoms. The Morgan fingerprint density at radius 2 is 1.81 bits per heavy atom. The highest BCUT2D eigenvalue weighted by Crippen LogP contribution is 2.44. The Bertz CT molecular complexity index is 709. The maximum Gasteiger partial charge on any atom is 0.193 e. The fourth-order valence-corrected chi connectivity index (χ4v) is 7.16. The minimum Gasteiger partial charge on any atom is -0.407 e. The lowest BCUT2D eigenvalue weighted by Crippen LogP contribution is -2.50. The molecule has 0 heterocycles. The van der Waals surface area contributed by atoms with Gasteiger partial charge in [-0.2, -0.15) is 0 Å². The van der Waals surface area contributed by atoms with Crippen molar-refractivity contribution in [2.24, 2.45) is 5.92 Å². The van der Waals surface area contributed by atoms with Crippen molar-refractivity contribution in [2.75, 3.05) is 0 Å². The highest BCUT2D eigenvalue weighted by molar-refractivity contribution is 6.73. The second kappa shape index (κ2) is 9.58. The third-order valence-corrected chi connectivity index (χ3v) is 11.1. The molecule has 0 N–H and O–H groups in total. The number of hydrogen-bond donors (Lipinski definition) is 0. The maximum absolute atomic E-state index is 7.17. The lowest BCUT2D eigenvalue weighted by Gasteiger charge is -2.46. The highest BCUT2D eigenvalue weighted by atomic mass is 28.4. The van der Waals surface area contributed by atoms with Crippen molar-refractivity contribution in [3.63, 3.8) is 0 Å². The van der Waals surface area contributed by atoms with Crippen molar-refractivity contribution in [3.8, 4) is 11.8 Å². The summed E-state index contributed by atoms with van der Waals surface area (Å²) in [6.07, 6.45) is 5.25. The predicted octanol–water partition coefficient (Wildman–Crippen LogP) is 7.12. The van der Waals surface area contributed by atoms with E-state index in [2.05, 4.69) is 71.2 Å². The van der Waals surface area contributed by atoms with E-state index in [1.54, 1.807) is 0 Å². The van der Waals surface area contributed by atoms with Gasteiger partial charge in [-0.15, -0.1) is 0 Å². The van der Waals surface area contributed by atoms with Crippen LogP contribution >= 0.6 is 0 Å². The molecule has 2 rings (SSSR count). The molecule has 2 atom stereocenters. The van der Waals surface area contributed by atoms with E-state index in [-0.39, 0.29) is 5.60 Å². The Hall–Kier alpha value is -1.56. The SMILES string of the molecule is C=C(C)[C@H]1CC=C(C)[C@@](CC#Cc2ccccc2)(O[Si](CC)(CC)CC)C1. The Morgan fingerprint density at radius 3 is 2.37 bits per heavy atom. The summed E-state index contributed by atoms with van der Waals surface area (Å²) in [7, 11) is -1.75. The summed E-state index contributed by atoms with van der Waals surface area (Å²) in [5.41, 5.74) is 3.46. The summed E-state index contributed by atoms with van der Waals surface area (Å²) in [6, 6.07) is 13.8. The number of hydrogen-bond acceptors (Lipinski definition) is 1. The normalized spacial score (nSPS) is 22.6. The van der Waals surface area contributed by atoms with Crippen molar-refractivity contribution in [1.82, 2.24) is 0 Å². The van der Waals surface area contributed by atoms with Crippen molar-refractivity contribution >= 4 is 8.32 Å². The van der Waals surface area contributed by atoms with Crippen molar-refractivity contribution < 1.29 is 4.43 Å². The first-order valence-electron chi connectivity index (χ1n) is 10.5. The molecule has 1 aromatic carbocycles. The summed E-state index contributed by atoms with van der Waals surface area (Å²) in [6.45, 7) is 15.6. The Kier molecular flexibility index (Phi) is 7.71. The molecule has 1 nitrogen and oxygen atoms in total. The van der Waals surface area contributed by atoms with E-state index >= 15 is 0 Å². The molecule has 1 aliphatic carbocycles. The monoisotopic (exact) mass is 380 g/mol. The van der Waals surface area contributed by atoms with E-state index in [4.69, 9.17) is 4.43 Å². The van der Waals surface area contributed by atoms with Crippen LogP contribution in [0.5, 0.6) is 0 Å². The van der Waals surface area contributed by atoms with Crippen LogP contribution in [0.3, 0.4) is 0 Å². The molecule has 2 heteroatoms. The van der Waals surface area contributed by atoms with Crippen molar-refractivity contribution in [1.29, 1.82) is 0 Å². The second-order valence-corrected chi connectivity index (χ2v) is 12.7. The van der Waals surface area contributed by atoms with Crippen LogP contribution in [0.2, 0.25) is 18.1 Å². The minimum atomic E-state index is -1.75. The van der Waals surface area contributed by atoms with Crippen LogP contribution in [0.25, 0.3) is 0 Å². The third-order valence-electron chi connectivity index (χ3n) is 6.43. The molecule has 0 aliphatic heterocycles. The number of benzene rings is 1. The maximum atomic E-state index is 7.17. The molecule has 0 amide bonds. The topological polar surface area (TPSA) is 9.23 Å². The van der Waals surface area contributed by atoms with Crippen LogP contribution in [0.1, 0.15) is 59.4 Å². The molecular weight excluding hydrogens is 344 g/mol. The van der Waals surface area contributed by atoms with Gasteiger partial charge in [0.1, 0.15) is 0 Å². The molecule has 146 valence electrons. The van der Waals surface area contributed by atoms with Crippen LogP contribution in [-0.2, 0) is 4.43 Å². The van der Waals surface area contributed by atoms with Gasteiger partial charge in [0.05, 0.1) is 5.60 Å². The van der Waals surface area contributed by atoms with Crippen molar-refractivity contribution in [3.05, 3.63) is 59.7 Å². The zero-order valence-corrected chi connectivity index (χ0v) is 18.9. The predicted molar refractivity (Wildman–Crippen MR) is 120 cm³/mol. The molecule has 0 bridgehead atoms. The molecule has 0 spiro atoms. The largest absolute Gasteiger partial charge is 0.407 e. The van der Waals surface area contributed by atoms with Crippen LogP contribution in [0.15, 0.2) is 54.1 Å². The molecule has 0 aromatic heterocycles. The average Bonchev–Trinajstić information content (AvgIpc) is 2.69. The summed E-state index contributed by atoms with van der Waals surface area (Å²) in [4.78, 5) is 0. The van der Waals surface area contributed by atoms with Gasteiger partial charge in [-0.3, -0.25) is 0 Å². The van der Waals surface area contributed by atoms with Crippen LogP contribution in [-0.4, -0.2) is 13.9 Å². The van der Waals surface area contributed by atoms with Gasteiger partial charge in [0, 0.05) is 12.0 Å². The van der Waals surface area contributed by atoms with E-state index in [9.17, 15) is 0 Å². The summed E-state index contributed by atoms with van der Waals surface area (Å²) >= 11 is 0. The van der Waals surface area contributed by atoms with E-state index in [1.165, 1.54) is 29.3 Å². The number of rotatable bonds is 7. The first-order chi connectivity index (χ1) is 12.9. The van der Waals surface area contributed by atoms with Gasteiger partial charge in [0.2, 0.25) is 0 Å². The van der Waals surface area contributed by atoms with Gasteiger partial charge in [0.25, 0.3) is 0 Å². The molecular formula is C25H36OSi. The van der Waals surface area contributed by atoms with Gasteiger partial charge in [0.15, 0.2) is 8.32 Å². The highest BCUT2D eigenvalue weighted by Gasteiger charge is 2.44. The Labute approximate surface area is 168 Å². The minimum absolute atomic E-state index is 0.252. The van der Waals surface area contributed by atoms with E-state index in [1.807, 2.05) is 18.2 Å². The average molecular weight is 381 g/mol. The fraction of sp³-hybridized carbons (Fsp3) is 0.520. The lowest BCUT2D eigenvalue weighted by atomic mass is 9.74. The first kappa shape index (κ1) is 21.7. The number of allylic oxidation sites excluding steroid dienone is 2. The molecule has 0 saturated carbocycles. The van der Waals surface area contributed by atoms with Gasteiger partial charge < -0.3 is 4.43 Å². The lowest BCUT2D eigenvalue weighted by molar-refractivity contribution is 0.0685. The molecule has 1 aliphatic rings. The standard InChI is InChI=1S/C25H36OSi/c1-7-27(8-2,9-3)26-25(19-13-16-23-14-11-10-12-15-23)20-24(21(4)5)18-17-22(25)6/h10-12,14-15,17,24H,4,7-9,18-20H2,1-3,5-6H3/t24-,25-/m0/s1. The summed E-state index contributed by atoms with van der Waals surface area (Å²) < 4.78 is 7.17. The van der Waals surface area contributed by atoms with Gasteiger partial charge in [-0.25, -0.2) is 0 Å². The molecule has 0 fully saturated rings. The van der Waals surface area contributed by atoms with Crippen molar-refractivity contribution in [2.45, 2.75) is 77.6 Å². The van der Waals surface area contributed by atoms with Crippen LogP contribution < -0.4 is 0 Å². The van der Waals surface area contributed by atoms with Gasteiger partial charge in [-0.1, -0.05) is 69.0 Å². The fourth-order valence-electron chi connectivity index (χ4n) is 4.08. The second-order valence-electron chi connectivity index (χ2n) is 8.05. The molecule has 0 radical (unpaired) electrons. The Morgan fingerprint density at radius 1 is 1.19 bits per heavy atom. The molecule has 0 unspecified atom stereocenters. The van der Waals surface area contributed by atoms with Crippen LogP contribution in [0, 0.1) is 17.8 Å². The van der Waals surface area contributed by atoms with E-state index in [0.717, 1.165) is 24.8 Å². The zero-order valence-electron chi connectivity index (χ0n) is 17.9. The summed E-state index contributed by atoms with van der Waals surface area (Å²) in [5, 5.41) is 0. The Balaban J connectivity index is 2.39. The van der Waals surface area contributed by atoms with Gasteiger partial charge >= 0.3 is 0 Å². The smallest absolute Gasteiger partial charge is 0.193 e. The zero-order chi connectivity index (χ0) is 19.9. The first-order valence-corrected chi connectivity index (χ1v) is 13.0. The third kappa shape index (κ3) is 5.24. The van der Waals surface area contributed by atoms with E-state index in [0.29, 0.717) is 5.92 Å². The van der Waals surface area contributed by atoms with Gasteiger partial charge in [-0.05, 0) is 68.4 Å². The molecule has 1 aromatic rings. The quantitative estimate of drug-likeness (QED) is 0.278. The molecule has 0 saturated heterocycles. The summed E-state index contributed by atoms with van der Waals surface area (Å²) in [5.74, 6) is 7.32. The van der Waals surface area contributed by atoms with Crippen LogP contribution in [0.4, 0.5) is 0 Å².